The second-order valence-electron chi connectivity index (χ2n) is 8.82. The normalized spacial score (nSPS) is 11.7. The Kier molecular flexibility index (Phi) is 6.30. The predicted octanol–water partition coefficient (Wildman–Crippen LogP) is 5.15. The molecule has 1 N–H and O–H groups in total. The van der Waals surface area contributed by atoms with Gasteiger partial charge in [-0.05, 0) is 55.8 Å². The smallest absolute Gasteiger partial charge is 0.407 e. The Morgan fingerprint density at radius 2 is 1.83 bits per heavy atom. The first-order valence-corrected chi connectivity index (χ1v) is 10.2. The van der Waals surface area contributed by atoms with E-state index in [0.717, 1.165) is 22.2 Å². The summed E-state index contributed by atoms with van der Waals surface area (Å²) in [4.78, 5) is 25.7. The van der Waals surface area contributed by atoms with Gasteiger partial charge in [-0.25, -0.2) is 4.79 Å². The number of amides is 1. The fraction of sp³-hybridized carbons (Fsp3) is 0.360. The standard InChI is InChI=1S/C25H29N2O3/c1-17(2)16-27-21(15-26-24(29)30-25(3,4)5)22(18-11-7-6-8-12-18)19-13-9-10-14-20(19)23(27)28/h6-8,10-14,17H,15-16H2,1-5H3,(H,26,29). The van der Waals surface area contributed by atoms with Gasteiger partial charge in [-0.3, -0.25) is 4.79 Å². The molecule has 3 aromatic rings. The number of nitrogens with zero attached hydrogens (tertiary/aromatic N) is 1. The van der Waals surface area contributed by atoms with E-state index in [4.69, 9.17) is 4.74 Å². The molecule has 0 atom stereocenters. The van der Waals surface area contributed by atoms with Gasteiger partial charge in [0.15, 0.2) is 0 Å². The van der Waals surface area contributed by atoms with Crippen LogP contribution < -0.4 is 10.9 Å². The molecule has 0 aliphatic carbocycles. The Balaban J connectivity index is 2.21. The zero-order valence-corrected chi connectivity index (χ0v) is 18.3. The van der Waals surface area contributed by atoms with Crippen molar-refractivity contribution in [2.75, 3.05) is 0 Å². The van der Waals surface area contributed by atoms with E-state index in [1.54, 1.807) is 10.6 Å². The third-order valence-electron chi connectivity index (χ3n) is 4.63. The molecule has 157 valence electrons. The van der Waals surface area contributed by atoms with Gasteiger partial charge in [0.25, 0.3) is 5.56 Å². The number of alkyl carbamates (subject to hydrolysis) is 1. The van der Waals surface area contributed by atoms with E-state index in [1.807, 2.05) is 63.2 Å². The maximum atomic E-state index is 13.3. The van der Waals surface area contributed by atoms with E-state index in [1.165, 1.54) is 0 Å². The molecule has 30 heavy (non-hydrogen) atoms. The Bertz CT molecular complexity index is 1090. The van der Waals surface area contributed by atoms with Crippen LogP contribution in [0.1, 0.15) is 40.3 Å². The molecule has 5 nitrogen and oxygen atoms in total. The molecule has 0 saturated heterocycles. The number of hydrogen-bond acceptors (Lipinski definition) is 3. The Hall–Kier alpha value is -3.08. The number of hydrogen-bond donors (Lipinski definition) is 1. The highest BCUT2D eigenvalue weighted by molar-refractivity contribution is 5.97. The van der Waals surface area contributed by atoms with Crippen LogP contribution >= 0.6 is 0 Å². The molecule has 0 aliphatic heterocycles. The average Bonchev–Trinajstić information content (AvgIpc) is 2.68. The van der Waals surface area contributed by atoms with Crippen molar-refractivity contribution in [3.8, 4) is 11.1 Å². The summed E-state index contributed by atoms with van der Waals surface area (Å²) in [5, 5.41) is 4.32. The third kappa shape index (κ3) is 4.90. The molecule has 1 aromatic heterocycles. The molecule has 0 saturated carbocycles. The lowest BCUT2D eigenvalue weighted by Crippen LogP contribution is -2.35. The number of carbonyl (C=O) groups excluding carboxylic acids is 1. The Labute approximate surface area is 177 Å². The van der Waals surface area contributed by atoms with Crippen LogP contribution in [0.3, 0.4) is 0 Å². The van der Waals surface area contributed by atoms with Gasteiger partial charge in [-0.15, -0.1) is 0 Å². The van der Waals surface area contributed by atoms with Crippen molar-refractivity contribution in [2.45, 2.75) is 53.3 Å². The molecule has 2 aromatic carbocycles. The van der Waals surface area contributed by atoms with Crippen LogP contribution in [0.25, 0.3) is 21.9 Å². The van der Waals surface area contributed by atoms with Crippen LogP contribution in [0, 0.1) is 12.0 Å². The molecule has 1 radical (unpaired) electrons. The molecule has 1 amide bonds. The summed E-state index contributed by atoms with van der Waals surface area (Å²) in [5.74, 6) is 0.263. The van der Waals surface area contributed by atoms with Gasteiger partial charge in [0.1, 0.15) is 5.60 Å². The lowest BCUT2D eigenvalue weighted by molar-refractivity contribution is 0.0522. The van der Waals surface area contributed by atoms with Gasteiger partial charge >= 0.3 is 6.09 Å². The topological polar surface area (TPSA) is 60.3 Å². The number of aromatic nitrogens is 1. The summed E-state index contributed by atoms with van der Waals surface area (Å²) in [6.07, 6.45) is -0.509. The second-order valence-corrected chi connectivity index (χ2v) is 8.82. The van der Waals surface area contributed by atoms with Gasteiger partial charge < -0.3 is 14.6 Å². The Morgan fingerprint density at radius 1 is 1.13 bits per heavy atom. The molecule has 0 unspecified atom stereocenters. The van der Waals surface area contributed by atoms with Gasteiger partial charge in [-0.1, -0.05) is 50.2 Å². The summed E-state index contributed by atoms with van der Waals surface area (Å²) in [6.45, 7) is 10.4. The van der Waals surface area contributed by atoms with Crippen molar-refractivity contribution in [3.63, 3.8) is 0 Å². The molecule has 5 heteroatoms. The molecular formula is C25H29N2O3. The highest BCUT2D eigenvalue weighted by Crippen LogP contribution is 2.31. The summed E-state index contributed by atoms with van der Waals surface area (Å²) in [5.41, 5.74) is 2.02. The van der Waals surface area contributed by atoms with Crippen LogP contribution in [-0.4, -0.2) is 16.3 Å². The largest absolute Gasteiger partial charge is 0.444 e. The van der Waals surface area contributed by atoms with Gasteiger partial charge in [0.2, 0.25) is 0 Å². The minimum absolute atomic E-state index is 0.0617. The van der Waals surface area contributed by atoms with Crippen LogP contribution in [0.5, 0.6) is 0 Å². The first-order valence-electron chi connectivity index (χ1n) is 10.2. The van der Waals surface area contributed by atoms with Crippen LogP contribution in [-0.2, 0) is 17.8 Å². The molecule has 1 heterocycles. The maximum Gasteiger partial charge on any atom is 0.407 e. The predicted molar refractivity (Wildman–Crippen MR) is 120 cm³/mol. The average molecular weight is 406 g/mol. The minimum Gasteiger partial charge on any atom is -0.444 e. The number of carbonyl (C=O) groups is 1. The first kappa shape index (κ1) is 21.6. The first-order chi connectivity index (χ1) is 14.2. The summed E-state index contributed by atoms with van der Waals surface area (Å²) >= 11 is 0. The van der Waals surface area contributed by atoms with E-state index in [0.29, 0.717) is 11.9 Å². The second kappa shape index (κ2) is 8.74. The van der Waals surface area contributed by atoms with Crippen LogP contribution in [0.15, 0.2) is 53.3 Å². The fourth-order valence-corrected chi connectivity index (χ4v) is 3.52. The highest BCUT2D eigenvalue weighted by atomic mass is 16.6. The van der Waals surface area contributed by atoms with Gasteiger partial charge in [0, 0.05) is 23.2 Å². The number of pyridine rings is 1. The van der Waals surface area contributed by atoms with Crippen LogP contribution in [0.2, 0.25) is 0 Å². The van der Waals surface area contributed by atoms with E-state index in [2.05, 4.69) is 25.2 Å². The highest BCUT2D eigenvalue weighted by Gasteiger charge is 2.21. The van der Waals surface area contributed by atoms with E-state index >= 15 is 0 Å². The Morgan fingerprint density at radius 3 is 2.47 bits per heavy atom. The van der Waals surface area contributed by atoms with Crippen molar-refractivity contribution >= 4 is 16.9 Å². The zero-order chi connectivity index (χ0) is 21.9. The summed E-state index contributed by atoms with van der Waals surface area (Å²) in [7, 11) is 0. The molecule has 0 bridgehead atoms. The molecular weight excluding hydrogens is 376 g/mol. The van der Waals surface area contributed by atoms with Gasteiger partial charge in [-0.2, -0.15) is 0 Å². The van der Waals surface area contributed by atoms with Crippen molar-refractivity contribution in [2.24, 2.45) is 5.92 Å². The number of ether oxygens (including phenoxy) is 1. The lowest BCUT2D eigenvalue weighted by Gasteiger charge is -2.23. The number of rotatable bonds is 5. The third-order valence-corrected chi connectivity index (χ3v) is 4.63. The van der Waals surface area contributed by atoms with Crippen molar-refractivity contribution in [1.29, 1.82) is 0 Å². The monoisotopic (exact) mass is 405 g/mol. The van der Waals surface area contributed by atoms with E-state index in [-0.39, 0.29) is 18.0 Å². The number of benzene rings is 2. The lowest BCUT2D eigenvalue weighted by atomic mass is 9.96. The zero-order valence-electron chi connectivity index (χ0n) is 18.3. The summed E-state index contributed by atoms with van der Waals surface area (Å²) < 4.78 is 7.18. The number of fused-ring (bicyclic) bond motifs is 1. The number of nitrogens with one attached hydrogen (secondary N) is 1. The quantitative estimate of drug-likeness (QED) is 0.639. The van der Waals surface area contributed by atoms with Crippen molar-refractivity contribution in [3.05, 3.63) is 70.6 Å². The molecule has 0 fully saturated rings. The fourth-order valence-electron chi connectivity index (χ4n) is 3.52. The van der Waals surface area contributed by atoms with Crippen LogP contribution in [0.4, 0.5) is 4.79 Å². The maximum absolute atomic E-state index is 13.3. The van der Waals surface area contributed by atoms with Gasteiger partial charge in [0.05, 0.1) is 6.54 Å². The summed E-state index contributed by atoms with van der Waals surface area (Å²) in [6, 6.07) is 18.4. The van der Waals surface area contributed by atoms with Crippen molar-refractivity contribution < 1.29 is 9.53 Å². The SMILES string of the molecule is CC(C)Cn1c(CNC(=O)OC(C)(C)C)c(-c2ccccc2)c2c[c]ccc2c1=O. The molecule has 0 spiro atoms. The minimum atomic E-state index is -0.595. The molecule has 3 rings (SSSR count). The van der Waals surface area contributed by atoms with E-state index < -0.39 is 11.7 Å². The molecule has 0 aliphatic rings. The van der Waals surface area contributed by atoms with Crippen molar-refractivity contribution in [1.82, 2.24) is 9.88 Å². The van der Waals surface area contributed by atoms with E-state index in [9.17, 15) is 9.59 Å².